The van der Waals surface area contributed by atoms with Crippen LogP contribution in [0.3, 0.4) is 0 Å². The number of hydrogen-bond donors (Lipinski definition) is 2. The number of hydrogen-bond acceptors (Lipinski definition) is 2. The third kappa shape index (κ3) is 3.72. The third-order valence-corrected chi connectivity index (χ3v) is 0.129. The van der Waals surface area contributed by atoms with Gasteiger partial charge in [-0.3, -0.25) is 0 Å². The molecule has 0 saturated carbocycles. The van der Waals surface area contributed by atoms with Gasteiger partial charge in [0.25, 0.3) is 0 Å². The highest BCUT2D eigenvalue weighted by Gasteiger charge is 1.92. The zero-order valence-corrected chi connectivity index (χ0v) is 2.47. The Bertz CT molecular complexity index is 108. The average Bonchev–Trinajstić information content (AvgIpc) is 1.64. The van der Waals surface area contributed by atoms with Crippen LogP contribution >= 0.6 is 0 Å². The fourth-order valence-corrected chi connectivity index (χ4v) is 0. The highest BCUT2D eigenvalue weighted by molar-refractivity contribution is 6.47. The van der Waals surface area contributed by atoms with Crippen LogP contribution in [0.4, 0.5) is 0 Å². The normalized spacial score (nSPS) is 14.4. The first-order valence-corrected chi connectivity index (χ1v) is 1.06. The van der Waals surface area contributed by atoms with E-state index in [1.54, 1.807) is 0 Å². The van der Waals surface area contributed by atoms with E-state index in [0.717, 1.165) is 0 Å². The van der Waals surface area contributed by atoms with E-state index in [2.05, 4.69) is 0 Å². The average molecular weight is 74.9 g/mol. The van der Waals surface area contributed by atoms with Crippen molar-refractivity contribution in [3.63, 3.8) is 0 Å². The van der Waals surface area contributed by atoms with Crippen molar-refractivity contribution in [1.82, 2.24) is 0 Å². The summed E-state index contributed by atoms with van der Waals surface area (Å²) in [6, 6.07) is 0. The molecule has 0 heterocycles. The lowest BCUT2D eigenvalue weighted by atomic mass is 9.94. The molecular formula is C2H5BO2. The van der Waals surface area contributed by atoms with E-state index < -0.39 is 19.6 Å². The summed E-state index contributed by atoms with van der Waals surface area (Å²) < 4.78 is 19.2. The molecule has 2 nitrogen and oxygen atoms in total. The Labute approximate surface area is 35.1 Å². The van der Waals surface area contributed by atoms with Crippen molar-refractivity contribution in [3.8, 4) is 0 Å². The first kappa shape index (κ1) is 1.45. The molecule has 5 heavy (non-hydrogen) atoms. The minimum Gasteiger partial charge on any atom is -0.424 e. The molecule has 2 N–H and O–H groups in total. The van der Waals surface area contributed by atoms with Crippen molar-refractivity contribution in [3.05, 3.63) is 12.5 Å². The zero-order valence-electron chi connectivity index (χ0n) is 5.47. The van der Waals surface area contributed by atoms with Gasteiger partial charge in [-0.05, 0) is 0 Å². The highest BCUT2D eigenvalue weighted by atomic mass is 16.4. The topological polar surface area (TPSA) is 40.5 Å². The van der Waals surface area contributed by atoms with Crippen molar-refractivity contribution < 1.29 is 14.2 Å². The second kappa shape index (κ2) is 1.99. The van der Waals surface area contributed by atoms with Gasteiger partial charge < -0.3 is 10.0 Å². The largest absolute Gasteiger partial charge is 0.480 e. The lowest BCUT2D eigenvalue weighted by Crippen LogP contribution is -2.03. The van der Waals surface area contributed by atoms with Crippen LogP contribution in [-0.4, -0.2) is 17.2 Å². The summed E-state index contributed by atoms with van der Waals surface area (Å²) in [6.45, 7) is -0.875. The summed E-state index contributed by atoms with van der Waals surface area (Å²) in [6.07, 6.45) is 0. The molecular weight excluding hydrogens is 66.8 g/mol. The standard InChI is InChI=1S/C2H5BO2/c1-2-3(4)5/h2,4-5H,1H2/i1D2,2D. The molecule has 0 atom stereocenters. The van der Waals surface area contributed by atoms with Crippen LogP contribution in [0.25, 0.3) is 0 Å². The smallest absolute Gasteiger partial charge is 0.424 e. The van der Waals surface area contributed by atoms with Crippen molar-refractivity contribution in [2.75, 3.05) is 0 Å². The Kier molecular flexibility index (Phi) is 0.578. The van der Waals surface area contributed by atoms with Gasteiger partial charge in [0.1, 0.15) is 0 Å². The molecule has 0 aromatic carbocycles. The van der Waals surface area contributed by atoms with Gasteiger partial charge in [0.2, 0.25) is 0 Å². The molecule has 0 aliphatic heterocycles. The van der Waals surface area contributed by atoms with Crippen molar-refractivity contribution >= 4 is 7.12 Å². The Hall–Kier alpha value is -0.275. The summed E-state index contributed by atoms with van der Waals surface area (Å²) in [5.41, 5.74) is 0. The summed E-state index contributed by atoms with van der Waals surface area (Å²) in [4.78, 5) is 0. The van der Waals surface area contributed by atoms with E-state index >= 15 is 0 Å². The molecule has 0 fully saturated rings. The van der Waals surface area contributed by atoms with Gasteiger partial charge in [-0.2, -0.15) is 0 Å². The molecule has 0 aromatic heterocycles. The summed E-state index contributed by atoms with van der Waals surface area (Å²) in [7, 11) is -1.99. The lowest BCUT2D eigenvalue weighted by molar-refractivity contribution is 0.424. The van der Waals surface area contributed by atoms with Gasteiger partial charge in [0.05, 0.1) is 4.11 Å². The molecule has 0 aliphatic rings. The van der Waals surface area contributed by atoms with E-state index in [1.165, 1.54) is 0 Å². The molecule has 3 heteroatoms. The maximum absolute atomic E-state index is 8.06. The minimum absolute atomic E-state index is 0.787. The van der Waals surface area contributed by atoms with Gasteiger partial charge >= 0.3 is 7.12 Å². The molecule has 0 saturated heterocycles. The Morgan fingerprint density at radius 2 is 2.80 bits per heavy atom. The summed E-state index contributed by atoms with van der Waals surface area (Å²) in [5.74, 6) is -0.787. The predicted octanol–water partition coefficient (Wildman–Crippen LogP) is -0.816. The van der Waals surface area contributed by atoms with E-state index in [9.17, 15) is 0 Å². The molecule has 0 radical (unpaired) electrons. The maximum atomic E-state index is 8.06. The quantitative estimate of drug-likeness (QED) is 0.400. The van der Waals surface area contributed by atoms with Gasteiger partial charge in [0.15, 0.2) is 0 Å². The monoisotopic (exact) mass is 75.1 g/mol. The van der Waals surface area contributed by atoms with Crippen LogP contribution in [0.2, 0.25) is 0 Å². The van der Waals surface area contributed by atoms with Crippen LogP contribution < -0.4 is 0 Å². The van der Waals surface area contributed by atoms with E-state index in [0.29, 0.717) is 0 Å². The van der Waals surface area contributed by atoms with Crippen LogP contribution in [0, 0.1) is 0 Å². The molecule has 0 aromatic rings. The molecule has 0 amide bonds. The summed E-state index contributed by atoms with van der Waals surface area (Å²) in [5, 5.41) is 16.1. The fraction of sp³-hybridized carbons (Fsp3) is 0. The van der Waals surface area contributed by atoms with Crippen LogP contribution in [0.5, 0.6) is 0 Å². The molecule has 0 spiro atoms. The highest BCUT2D eigenvalue weighted by Crippen LogP contribution is 1.60. The van der Waals surface area contributed by atoms with Gasteiger partial charge in [0, 0.05) is 0 Å². The van der Waals surface area contributed by atoms with Gasteiger partial charge in [-0.1, -0.05) is 5.95 Å². The molecule has 0 aliphatic carbocycles. The van der Waals surface area contributed by atoms with E-state index in [1.807, 2.05) is 0 Å². The zero-order chi connectivity index (χ0) is 6.73. The minimum atomic E-state index is -1.99. The van der Waals surface area contributed by atoms with Crippen LogP contribution in [0.1, 0.15) is 4.11 Å². The Morgan fingerprint density at radius 3 is 2.80 bits per heavy atom. The van der Waals surface area contributed by atoms with Crippen LogP contribution in [-0.2, 0) is 0 Å². The fourth-order valence-electron chi connectivity index (χ4n) is 0. The first-order chi connectivity index (χ1) is 3.55. The Morgan fingerprint density at radius 1 is 2.20 bits per heavy atom. The van der Waals surface area contributed by atoms with Crippen molar-refractivity contribution in [2.24, 2.45) is 0 Å². The van der Waals surface area contributed by atoms with Gasteiger partial charge in [-0.15, -0.1) is 6.53 Å². The molecule has 0 unspecified atom stereocenters. The lowest BCUT2D eigenvalue weighted by Gasteiger charge is -1.75. The Balaban J connectivity index is 4.00. The molecule has 0 bridgehead atoms. The predicted molar refractivity (Wildman–Crippen MR) is 20.4 cm³/mol. The van der Waals surface area contributed by atoms with Gasteiger partial charge in [-0.25, -0.2) is 0 Å². The first-order valence-electron chi connectivity index (χ1n) is 2.56. The second-order valence-electron chi connectivity index (χ2n) is 0.518. The molecule has 28 valence electrons. The SMILES string of the molecule is [2H]C([2H])=C([2H])B(O)O. The van der Waals surface area contributed by atoms with E-state index in [-0.39, 0.29) is 0 Å². The second-order valence-corrected chi connectivity index (χ2v) is 0.518. The van der Waals surface area contributed by atoms with E-state index in [4.69, 9.17) is 14.2 Å². The van der Waals surface area contributed by atoms with Crippen molar-refractivity contribution in [2.45, 2.75) is 0 Å². The maximum Gasteiger partial charge on any atom is 0.480 e. The summed E-state index contributed by atoms with van der Waals surface area (Å²) >= 11 is 0. The third-order valence-electron chi connectivity index (χ3n) is 0.129. The van der Waals surface area contributed by atoms with Crippen LogP contribution in [0.15, 0.2) is 12.5 Å². The molecule has 0 rings (SSSR count). The number of rotatable bonds is 1. The van der Waals surface area contributed by atoms with Crippen molar-refractivity contribution in [1.29, 1.82) is 0 Å².